The zero-order valence-electron chi connectivity index (χ0n) is 20.3. The van der Waals surface area contributed by atoms with Gasteiger partial charge in [-0.2, -0.15) is 5.26 Å². The number of anilines is 1. The van der Waals surface area contributed by atoms with Crippen molar-refractivity contribution in [3.63, 3.8) is 0 Å². The summed E-state index contributed by atoms with van der Waals surface area (Å²) in [5.41, 5.74) is 8.01. The number of hydrogen-bond acceptors (Lipinski definition) is 4. The number of rotatable bonds is 4. The van der Waals surface area contributed by atoms with Crippen molar-refractivity contribution in [1.29, 1.82) is 5.26 Å². The number of aryl methyl sites for hydroxylation is 1. The summed E-state index contributed by atoms with van der Waals surface area (Å²) in [6, 6.07) is 27.6. The second-order valence-electron chi connectivity index (χ2n) is 9.77. The van der Waals surface area contributed by atoms with Crippen molar-refractivity contribution in [2.75, 3.05) is 5.32 Å². The molecule has 0 bridgehead atoms. The average molecular weight is 473 g/mol. The van der Waals surface area contributed by atoms with Crippen molar-refractivity contribution < 1.29 is 5.11 Å². The summed E-state index contributed by atoms with van der Waals surface area (Å²) >= 11 is 0. The van der Waals surface area contributed by atoms with Crippen LogP contribution in [-0.4, -0.2) is 26.8 Å². The smallest absolute Gasteiger partial charge is 0.101 e. The maximum Gasteiger partial charge on any atom is 0.101 e. The molecular weight excluding hydrogens is 444 g/mol. The highest BCUT2D eigenvalue weighted by Gasteiger charge is 2.21. The summed E-state index contributed by atoms with van der Waals surface area (Å²) in [6.07, 6.45) is 5.16. The summed E-state index contributed by atoms with van der Waals surface area (Å²) in [5, 5.41) is 25.5. The molecule has 1 saturated carbocycles. The fraction of sp³-hybridized carbons (Fsp3) is 0.226. The topological polar surface area (TPSA) is 73.9 Å². The molecule has 5 heteroatoms. The van der Waals surface area contributed by atoms with Gasteiger partial charge in [0, 0.05) is 40.0 Å². The highest BCUT2D eigenvalue weighted by Crippen LogP contribution is 2.35. The molecule has 1 aliphatic rings. The number of aliphatic hydroxyl groups is 1. The molecule has 5 nitrogen and oxygen atoms in total. The minimum atomic E-state index is -0.203. The maximum absolute atomic E-state index is 9.86. The van der Waals surface area contributed by atoms with E-state index >= 15 is 0 Å². The van der Waals surface area contributed by atoms with Crippen LogP contribution in [0.5, 0.6) is 0 Å². The molecule has 5 aromatic rings. The van der Waals surface area contributed by atoms with Gasteiger partial charge in [0.15, 0.2) is 0 Å². The lowest BCUT2D eigenvalue weighted by atomic mass is 9.93. The normalized spacial score (nSPS) is 17.8. The Balaban J connectivity index is 1.42. The highest BCUT2D eigenvalue weighted by atomic mass is 16.3. The van der Waals surface area contributed by atoms with E-state index in [-0.39, 0.29) is 12.1 Å². The average Bonchev–Trinajstić information content (AvgIpc) is 3.25. The van der Waals surface area contributed by atoms with Crippen LogP contribution in [0.4, 0.5) is 5.69 Å². The number of benzene rings is 3. The van der Waals surface area contributed by atoms with Crippen LogP contribution < -0.4 is 5.32 Å². The molecule has 36 heavy (non-hydrogen) atoms. The largest absolute Gasteiger partial charge is 0.393 e. The minimum absolute atomic E-state index is 0.203. The van der Waals surface area contributed by atoms with Crippen molar-refractivity contribution in [2.24, 2.45) is 0 Å². The van der Waals surface area contributed by atoms with E-state index in [0.29, 0.717) is 5.56 Å². The molecule has 0 atom stereocenters. The van der Waals surface area contributed by atoms with Gasteiger partial charge in [0.1, 0.15) is 6.07 Å². The van der Waals surface area contributed by atoms with Crippen LogP contribution in [0.3, 0.4) is 0 Å². The van der Waals surface area contributed by atoms with E-state index in [1.807, 2.05) is 36.5 Å². The molecule has 2 heterocycles. The zero-order valence-corrected chi connectivity index (χ0v) is 20.3. The molecular formula is C31H28N4O. The Hall–Kier alpha value is -4.14. The van der Waals surface area contributed by atoms with Crippen molar-refractivity contribution in [3.8, 4) is 22.9 Å². The number of nitrogens with zero attached hydrogens (tertiary/aromatic N) is 3. The SMILES string of the molecule is Cc1cc2c(-c3cnc4ccccc4c3)cccc2n1-c1ccc(C#N)c(N[C@H]2CC[C@H](O)CC2)c1. The molecule has 1 fully saturated rings. The molecule has 6 rings (SSSR count). The first-order valence-corrected chi connectivity index (χ1v) is 12.6. The summed E-state index contributed by atoms with van der Waals surface area (Å²) in [4.78, 5) is 4.68. The van der Waals surface area contributed by atoms with Gasteiger partial charge in [0.2, 0.25) is 0 Å². The van der Waals surface area contributed by atoms with E-state index < -0.39 is 0 Å². The van der Waals surface area contributed by atoms with Crippen LogP contribution >= 0.6 is 0 Å². The Morgan fingerprint density at radius 3 is 2.64 bits per heavy atom. The van der Waals surface area contributed by atoms with E-state index in [4.69, 9.17) is 0 Å². The van der Waals surface area contributed by atoms with Gasteiger partial charge in [-0.1, -0.05) is 30.3 Å². The Morgan fingerprint density at radius 1 is 0.972 bits per heavy atom. The standard InChI is InChI=1S/C31H28N4O/c1-20-15-28-27(23-16-21-5-2-3-7-29(21)33-19-23)6-4-8-31(28)35(20)25-12-9-22(18-32)30(17-25)34-24-10-13-26(36)14-11-24/h2-9,12,15-17,19,24,26,34,36H,10-11,13-14H2,1H3/t24-,26-. The maximum atomic E-state index is 9.86. The number of nitriles is 1. The lowest BCUT2D eigenvalue weighted by Crippen LogP contribution is -2.28. The predicted molar refractivity (Wildman–Crippen MR) is 145 cm³/mol. The van der Waals surface area contributed by atoms with Gasteiger partial charge in [0.05, 0.1) is 28.4 Å². The molecule has 0 unspecified atom stereocenters. The van der Waals surface area contributed by atoms with Gasteiger partial charge in [-0.15, -0.1) is 0 Å². The summed E-state index contributed by atoms with van der Waals surface area (Å²) < 4.78 is 2.25. The molecule has 0 saturated heterocycles. The molecule has 0 radical (unpaired) electrons. The Morgan fingerprint density at radius 2 is 1.81 bits per heavy atom. The van der Waals surface area contributed by atoms with Crippen molar-refractivity contribution in [3.05, 3.63) is 90.3 Å². The van der Waals surface area contributed by atoms with E-state index in [2.05, 4.69) is 70.3 Å². The summed E-state index contributed by atoms with van der Waals surface area (Å²) in [5.74, 6) is 0. The van der Waals surface area contributed by atoms with Gasteiger partial charge < -0.3 is 15.0 Å². The minimum Gasteiger partial charge on any atom is -0.393 e. The number of para-hydroxylation sites is 1. The molecule has 0 aliphatic heterocycles. The predicted octanol–water partition coefficient (Wildman–Crippen LogP) is 6.74. The van der Waals surface area contributed by atoms with E-state index in [0.717, 1.165) is 70.3 Å². The molecule has 1 aliphatic carbocycles. The first-order valence-electron chi connectivity index (χ1n) is 12.6. The molecule has 0 amide bonds. The first kappa shape index (κ1) is 22.3. The third kappa shape index (κ3) is 4.00. The zero-order chi connectivity index (χ0) is 24.6. The fourth-order valence-electron chi connectivity index (χ4n) is 5.50. The Labute approximate surface area is 210 Å². The van der Waals surface area contributed by atoms with Gasteiger partial charge in [-0.3, -0.25) is 4.98 Å². The molecule has 3 aromatic carbocycles. The third-order valence-electron chi connectivity index (χ3n) is 7.37. The van der Waals surface area contributed by atoms with Crippen molar-refractivity contribution >= 4 is 27.5 Å². The van der Waals surface area contributed by atoms with Gasteiger partial charge >= 0.3 is 0 Å². The lowest BCUT2D eigenvalue weighted by molar-refractivity contribution is 0.126. The van der Waals surface area contributed by atoms with E-state index in [1.165, 1.54) is 5.39 Å². The second-order valence-corrected chi connectivity index (χ2v) is 9.77. The third-order valence-corrected chi connectivity index (χ3v) is 7.37. The van der Waals surface area contributed by atoms with Crippen LogP contribution in [0.25, 0.3) is 38.6 Å². The van der Waals surface area contributed by atoms with Crippen LogP contribution in [0, 0.1) is 18.3 Å². The number of pyridine rings is 1. The van der Waals surface area contributed by atoms with Crippen molar-refractivity contribution in [2.45, 2.75) is 44.8 Å². The highest BCUT2D eigenvalue weighted by molar-refractivity contribution is 5.98. The first-order chi connectivity index (χ1) is 17.6. The van der Waals surface area contributed by atoms with E-state index in [9.17, 15) is 10.4 Å². The number of aliphatic hydroxyl groups excluding tert-OH is 1. The van der Waals surface area contributed by atoms with Crippen molar-refractivity contribution in [1.82, 2.24) is 9.55 Å². The van der Waals surface area contributed by atoms with Gasteiger partial charge in [-0.25, -0.2) is 0 Å². The Bertz CT molecular complexity index is 1620. The van der Waals surface area contributed by atoms with Gasteiger partial charge in [0.25, 0.3) is 0 Å². The van der Waals surface area contributed by atoms with Crippen LogP contribution in [-0.2, 0) is 0 Å². The fourth-order valence-corrected chi connectivity index (χ4v) is 5.50. The molecule has 2 N–H and O–H groups in total. The number of nitrogens with one attached hydrogen (secondary N) is 1. The van der Waals surface area contributed by atoms with Crippen LogP contribution in [0.15, 0.2) is 79.0 Å². The van der Waals surface area contributed by atoms with E-state index in [1.54, 1.807) is 0 Å². The summed E-state index contributed by atoms with van der Waals surface area (Å²) in [6.45, 7) is 2.12. The molecule has 0 spiro atoms. The monoisotopic (exact) mass is 472 g/mol. The number of fused-ring (bicyclic) bond motifs is 2. The molecule has 2 aromatic heterocycles. The van der Waals surface area contributed by atoms with Gasteiger partial charge in [-0.05, 0) is 80.6 Å². The summed E-state index contributed by atoms with van der Waals surface area (Å²) in [7, 11) is 0. The Kier molecular flexibility index (Phi) is 5.67. The quantitative estimate of drug-likeness (QED) is 0.304. The molecule has 178 valence electrons. The lowest BCUT2D eigenvalue weighted by Gasteiger charge is -2.27. The number of aromatic nitrogens is 2. The second kappa shape index (κ2) is 9.14. The van der Waals surface area contributed by atoms with Crippen LogP contribution in [0.2, 0.25) is 0 Å². The van der Waals surface area contributed by atoms with Crippen LogP contribution in [0.1, 0.15) is 36.9 Å². The number of hydrogen-bond donors (Lipinski definition) is 2.